The summed E-state index contributed by atoms with van der Waals surface area (Å²) in [4.78, 5) is 97.0. The minimum absolute atomic E-state index is 0. The van der Waals surface area contributed by atoms with Crippen molar-refractivity contribution >= 4 is 59.8 Å². The number of rotatable bonds is 23. The number of carbonyl (C=O) groups is 7. The summed E-state index contributed by atoms with van der Waals surface area (Å²) in [6, 6.07) is 34.5. The fourth-order valence-corrected chi connectivity index (χ4v) is 9.63. The van der Waals surface area contributed by atoms with E-state index in [1.54, 1.807) is 33.8 Å². The molecule has 436 valence electrons. The smallest absolute Gasteiger partial charge is 0.337 e. The molecule has 4 aromatic carbocycles. The zero-order valence-corrected chi connectivity index (χ0v) is 47.7. The lowest BCUT2D eigenvalue weighted by Gasteiger charge is -2.34. The van der Waals surface area contributed by atoms with E-state index in [-0.39, 0.29) is 47.7 Å². The number of non-ortho nitro benzene ring substituents is 1. The first-order valence-electron chi connectivity index (χ1n) is 26.1. The number of aliphatic carboxylic acids is 3. The average molecular weight is 1140 g/mol. The zero-order chi connectivity index (χ0) is 59.1. The predicted molar refractivity (Wildman–Crippen MR) is 305 cm³/mol. The molecule has 1 fully saturated rings. The first kappa shape index (κ1) is 67.1. The number of nitrogens with one attached hydrogen (secondary N) is 2. The van der Waals surface area contributed by atoms with E-state index < -0.39 is 70.4 Å². The molecule has 20 nitrogen and oxygen atoms in total. The summed E-state index contributed by atoms with van der Waals surface area (Å²) in [6.07, 6.45) is 4.27. The molecule has 4 atom stereocenters. The molecule has 1 amide bonds. The van der Waals surface area contributed by atoms with Crippen LogP contribution >= 0.6 is 12.4 Å². The third kappa shape index (κ3) is 20.8. The topological polar surface area (TPSA) is 282 Å². The molecule has 0 aromatic heterocycles. The van der Waals surface area contributed by atoms with Crippen LogP contribution in [0.3, 0.4) is 0 Å². The lowest BCUT2D eigenvalue weighted by molar-refractivity contribution is -0.384. The van der Waals surface area contributed by atoms with Crippen LogP contribution in [0.1, 0.15) is 101 Å². The SMILES string of the molecule is CCOC(=O)[C@H](CCc1ccccc1)N[C@@H](C)C(=O)N1CCC[C@H]1C(=O)O.COC(=O)C1=C(C)NC(C)=C(C(=O)OC(C)(C)CN(C)CCC(c2ccccc2)c2ccccc2)C1c1cccc([N+](=O)[O-])c1.Cl.O=C(O)/C=C\C(=O)O. The molecule has 0 radical (unpaired) electrons. The number of carboxylic acid groups (broad SMARTS) is 3. The van der Waals surface area contributed by atoms with E-state index in [0.29, 0.717) is 67.9 Å². The largest absolute Gasteiger partial charge is 0.480 e. The number of hydrogen-bond acceptors (Lipinski definition) is 15. The fourth-order valence-electron chi connectivity index (χ4n) is 9.63. The van der Waals surface area contributed by atoms with Gasteiger partial charge in [-0.05, 0) is 109 Å². The molecule has 2 heterocycles. The fraction of sp³-hybridized carbons (Fsp3) is 0.383. The molecule has 4 aromatic rings. The number of nitro benzene ring substituents is 1. The van der Waals surface area contributed by atoms with Gasteiger partial charge in [0.2, 0.25) is 5.91 Å². The Labute approximate surface area is 478 Å². The molecule has 0 bridgehead atoms. The summed E-state index contributed by atoms with van der Waals surface area (Å²) < 4.78 is 16.3. The monoisotopic (exact) mass is 1140 g/mol. The Morgan fingerprint density at radius 1 is 0.827 bits per heavy atom. The summed E-state index contributed by atoms with van der Waals surface area (Å²) in [7, 11) is 3.26. The van der Waals surface area contributed by atoms with Crippen molar-refractivity contribution in [1.82, 2.24) is 20.4 Å². The number of carboxylic acids is 3. The number of ether oxygens (including phenoxy) is 3. The van der Waals surface area contributed by atoms with Crippen molar-refractivity contribution in [3.05, 3.63) is 182 Å². The van der Waals surface area contributed by atoms with Gasteiger partial charge in [0, 0.05) is 54.7 Å². The minimum atomic E-state index is -1.26. The van der Waals surface area contributed by atoms with Crippen molar-refractivity contribution in [2.24, 2.45) is 0 Å². The predicted octanol–water partition coefficient (Wildman–Crippen LogP) is 8.22. The maximum absolute atomic E-state index is 14.0. The number of likely N-dealkylation sites (N-methyl/N-ethyl adjacent to an activating group) is 1. The van der Waals surface area contributed by atoms with Crippen molar-refractivity contribution in [2.75, 3.05) is 40.4 Å². The third-order valence-electron chi connectivity index (χ3n) is 13.2. The highest BCUT2D eigenvalue weighted by atomic mass is 35.5. The normalized spacial score (nSPS) is 15.7. The highest BCUT2D eigenvalue weighted by Crippen LogP contribution is 2.41. The standard InChI is InChI=1S/C36H41N3O6.C20H28N2O5.C4H4O4.ClH/c1-24-31(34(40)44-6)33(28-18-13-19-29(22-28)39(42)43)32(25(2)37-24)35(41)45-36(3,4)23-38(5)21-20-30(26-14-9-7-10-15-26)27-16-11-8-12-17-27;1-3-27-20(26)16(12-11-15-8-5-4-6-9-15)21-14(2)18(23)22-13-7-10-17(22)19(24)25;5-3(6)1-2-4(7)8;/h7-19,22,30,33,37H,20-21,23H2,1-6H3;4-6,8-9,14,16-17,21H,3,7,10-13H2,1-2H3,(H,24,25);1-2H,(H,5,6)(H,7,8);1H/b;;2-1-;/t;14-,16-,17-;;/m.0../s1. The zero-order valence-electron chi connectivity index (χ0n) is 46.9. The quantitative estimate of drug-likeness (QED) is 0.0154. The number of benzene rings is 4. The van der Waals surface area contributed by atoms with Crippen LogP contribution in [0.2, 0.25) is 0 Å². The van der Waals surface area contributed by atoms with Gasteiger partial charge in [-0.15, -0.1) is 12.4 Å². The second kappa shape index (κ2) is 32.8. The Morgan fingerprint density at radius 3 is 1.88 bits per heavy atom. The Balaban J connectivity index is 0.000000404. The van der Waals surface area contributed by atoms with E-state index in [1.807, 2.05) is 63.4 Å². The molecule has 21 heteroatoms. The van der Waals surface area contributed by atoms with Crippen LogP contribution < -0.4 is 10.6 Å². The van der Waals surface area contributed by atoms with E-state index in [4.69, 9.17) is 24.4 Å². The molecule has 0 saturated carbocycles. The van der Waals surface area contributed by atoms with Crippen molar-refractivity contribution < 1.29 is 68.0 Å². The number of amides is 1. The van der Waals surface area contributed by atoms with Crippen molar-refractivity contribution in [3.8, 4) is 0 Å². The highest BCUT2D eigenvalue weighted by Gasteiger charge is 2.41. The first-order valence-corrected chi connectivity index (χ1v) is 26.1. The van der Waals surface area contributed by atoms with E-state index in [0.717, 1.165) is 18.5 Å². The van der Waals surface area contributed by atoms with Gasteiger partial charge in [0.15, 0.2) is 0 Å². The van der Waals surface area contributed by atoms with Crippen LogP contribution in [0.15, 0.2) is 150 Å². The van der Waals surface area contributed by atoms with Crippen LogP contribution in [-0.4, -0.2) is 136 Å². The summed E-state index contributed by atoms with van der Waals surface area (Å²) in [5.74, 6) is -6.16. The molecule has 5 N–H and O–H groups in total. The summed E-state index contributed by atoms with van der Waals surface area (Å²) in [5.41, 5.74) is 4.34. The molecule has 1 saturated heterocycles. The lowest BCUT2D eigenvalue weighted by Crippen LogP contribution is -2.53. The Kier molecular flexibility index (Phi) is 27.1. The van der Waals surface area contributed by atoms with Crippen LogP contribution in [0, 0.1) is 10.1 Å². The lowest BCUT2D eigenvalue weighted by atomic mass is 9.80. The number of allylic oxidation sites excluding steroid dienone is 2. The van der Waals surface area contributed by atoms with Gasteiger partial charge < -0.3 is 44.6 Å². The maximum Gasteiger partial charge on any atom is 0.337 e. The van der Waals surface area contributed by atoms with E-state index in [1.165, 1.54) is 41.3 Å². The van der Waals surface area contributed by atoms with Crippen molar-refractivity contribution in [1.29, 1.82) is 0 Å². The molecular formula is C60H74ClN5O15. The second-order valence-corrected chi connectivity index (χ2v) is 19.8. The number of nitrogens with zero attached hydrogens (tertiary/aromatic N) is 3. The van der Waals surface area contributed by atoms with Crippen LogP contribution in [0.5, 0.6) is 0 Å². The molecule has 6 rings (SSSR count). The van der Waals surface area contributed by atoms with Crippen LogP contribution in [-0.2, 0) is 54.2 Å². The van der Waals surface area contributed by atoms with Crippen molar-refractivity contribution in [2.45, 2.75) is 109 Å². The molecule has 2 aliphatic rings. The van der Waals surface area contributed by atoms with E-state index in [9.17, 15) is 48.8 Å². The number of esters is 3. The van der Waals surface area contributed by atoms with E-state index in [2.05, 4.69) is 64.1 Å². The van der Waals surface area contributed by atoms with Gasteiger partial charge >= 0.3 is 35.8 Å². The van der Waals surface area contributed by atoms with Crippen molar-refractivity contribution in [3.63, 3.8) is 0 Å². The Morgan fingerprint density at radius 2 is 1.37 bits per heavy atom. The van der Waals surface area contributed by atoms with Gasteiger partial charge in [-0.25, -0.2) is 24.0 Å². The molecule has 2 aliphatic heterocycles. The van der Waals surface area contributed by atoms with Gasteiger partial charge in [-0.2, -0.15) is 0 Å². The second-order valence-electron chi connectivity index (χ2n) is 19.8. The van der Waals surface area contributed by atoms with Crippen LogP contribution in [0.25, 0.3) is 0 Å². The van der Waals surface area contributed by atoms with Gasteiger partial charge in [-0.3, -0.25) is 25.0 Å². The average Bonchev–Trinajstić information content (AvgIpc) is 4.08. The first-order chi connectivity index (χ1) is 38.0. The van der Waals surface area contributed by atoms with Gasteiger partial charge in [-0.1, -0.05) is 103 Å². The number of hydrogen-bond donors (Lipinski definition) is 5. The van der Waals surface area contributed by atoms with Crippen LogP contribution in [0.4, 0.5) is 5.69 Å². The molecule has 81 heavy (non-hydrogen) atoms. The van der Waals surface area contributed by atoms with Gasteiger partial charge in [0.1, 0.15) is 17.7 Å². The molecule has 0 aliphatic carbocycles. The molecule has 0 spiro atoms. The van der Waals surface area contributed by atoms with Gasteiger partial charge in [0.05, 0.1) is 41.7 Å². The Bertz CT molecular complexity index is 2820. The third-order valence-corrected chi connectivity index (χ3v) is 13.2. The van der Waals surface area contributed by atoms with E-state index >= 15 is 0 Å². The Hall–Kier alpha value is -8.20. The number of halogens is 1. The molecular weight excluding hydrogens is 1070 g/mol. The number of likely N-dealkylation sites (tertiary alicyclic amines) is 1. The maximum atomic E-state index is 14.0. The summed E-state index contributed by atoms with van der Waals surface area (Å²) in [6.45, 7) is 12.4. The number of methoxy groups -OCH3 is 1. The van der Waals surface area contributed by atoms with Gasteiger partial charge in [0.25, 0.3) is 5.69 Å². The summed E-state index contributed by atoms with van der Waals surface area (Å²) >= 11 is 0. The highest BCUT2D eigenvalue weighted by molar-refractivity contribution is 6.00. The number of carbonyl (C=O) groups excluding carboxylic acids is 4. The minimum Gasteiger partial charge on any atom is -0.480 e. The number of dihydropyridines is 1. The molecule has 1 unspecified atom stereocenters. The summed E-state index contributed by atoms with van der Waals surface area (Å²) in [5, 5.41) is 42.6. The number of nitro groups is 1. The number of aryl methyl sites for hydroxylation is 1.